The van der Waals surface area contributed by atoms with Gasteiger partial charge in [-0.3, -0.25) is 4.89 Å². The van der Waals surface area contributed by atoms with Gasteiger partial charge in [-0.15, -0.1) is 4.33 Å². The fourth-order valence-corrected chi connectivity index (χ4v) is 0.360. The van der Waals surface area contributed by atoms with Gasteiger partial charge in [-0.2, -0.15) is 5.26 Å². The third kappa shape index (κ3) is 5.53. The van der Waals surface area contributed by atoms with Crippen LogP contribution in [0.15, 0.2) is 0 Å². The minimum atomic E-state index is -0.892. The Morgan fingerprint density at radius 1 is 1.56 bits per heavy atom. The van der Waals surface area contributed by atoms with Crippen LogP contribution in [0.4, 0.5) is 0 Å². The van der Waals surface area contributed by atoms with E-state index in [0.717, 1.165) is 0 Å². The molecular weight excluding hydrogens is 152 g/mol. The van der Waals surface area contributed by atoms with E-state index >= 15 is 0 Å². The van der Waals surface area contributed by atoms with E-state index in [1.807, 2.05) is 0 Å². The molecule has 0 aliphatic heterocycles. The highest BCUT2D eigenvalue weighted by Gasteiger charge is 2.01. The molecule has 2 N–H and O–H groups in total. The summed E-state index contributed by atoms with van der Waals surface area (Å²) in [5, 5.41) is 18.2. The van der Waals surface area contributed by atoms with Gasteiger partial charge in [0.05, 0.1) is 0 Å². The first-order valence-corrected chi connectivity index (χ1v) is 2.66. The van der Waals surface area contributed by atoms with E-state index in [1.54, 1.807) is 0 Å². The lowest BCUT2D eigenvalue weighted by atomic mass is 10.8. The van der Waals surface area contributed by atoms with Gasteiger partial charge in [-0.05, 0) is 0 Å². The van der Waals surface area contributed by atoms with E-state index in [9.17, 15) is 4.79 Å². The van der Waals surface area contributed by atoms with Crippen LogP contribution in [-0.2, 0) is 19.1 Å². The zero-order chi connectivity index (χ0) is 7.11. The van der Waals surface area contributed by atoms with E-state index in [4.69, 9.17) is 10.5 Å². The summed E-state index contributed by atoms with van der Waals surface area (Å²) in [5.41, 5.74) is 0. The predicted molar refractivity (Wildman–Crippen MR) is 26.0 cm³/mol. The lowest BCUT2D eigenvalue weighted by molar-refractivity contribution is -0.432. The highest BCUT2D eigenvalue weighted by molar-refractivity contribution is 7.95. The molecule has 0 aromatic heterocycles. The molecule has 0 saturated carbocycles. The van der Waals surface area contributed by atoms with E-state index in [0.29, 0.717) is 12.0 Å². The molecule has 0 rings (SSSR count). The summed E-state index contributed by atoms with van der Waals surface area (Å²) in [4.78, 5) is 13.2. The Morgan fingerprint density at radius 3 is 2.67 bits per heavy atom. The van der Waals surface area contributed by atoms with Gasteiger partial charge >= 0.3 is 5.97 Å². The van der Waals surface area contributed by atoms with Crippen molar-refractivity contribution in [3.8, 4) is 0 Å². The first-order valence-electron chi connectivity index (χ1n) is 1.75. The zero-order valence-electron chi connectivity index (χ0n) is 4.14. The van der Waals surface area contributed by atoms with Crippen LogP contribution in [0.3, 0.4) is 0 Å². The Kier molecular flexibility index (Phi) is 5.57. The molecule has 54 valence electrons. The van der Waals surface area contributed by atoms with Crippen LogP contribution in [0.1, 0.15) is 0 Å². The molecule has 7 heteroatoms. The minimum Gasteiger partial charge on any atom is -0.300 e. The lowest BCUT2D eigenvalue weighted by Crippen LogP contribution is -2.03. The first-order chi connectivity index (χ1) is 4.31. The molecular formula is C2H4O6S. The molecule has 0 heterocycles. The zero-order valence-corrected chi connectivity index (χ0v) is 4.96. The Bertz CT molecular complexity index is 83.1. The molecule has 0 amide bonds. The smallest absolute Gasteiger partial charge is 0.300 e. The predicted octanol–water partition coefficient (Wildman–Crippen LogP) is 0.0720. The molecule has 0 bridgehead atoms. The van der Waals surface area contributed by atoms with Crippen LogP contribution < -0.4 is 0 Å². The van der Waals surface area contributed by atoms with Crippen LogP contribution in [-0.4, -0.2) is 22.2 Å². The average Bonchev–Trinajstić information content (AvgIpc) is 1.89. The summed E-state index contributed by atoms with van der Waals surface area (Å²) in [7, 11) is 0. The highest BCUT2D eigenvalue weighted by Crippen LogP contribution is 2.00. The van der Waals surface area contributed by atoms with Crippen molar-refractivity contribution in [3.05, 3.63) is 0 Å². The van der Waals surface area contributed by atoms with Gasteiger partial charge in [0.2, 0.25) is 0 Å². The molecule has 6 nitrogen and oxygen atoms in total. The van der Waals surface area contributed by atoms with Crippen LogP contribution in [0.2, 0.25) is 0 Å². The Morgan fingerprint density at radius 2 is 2.22 bits per heavy atom. The van der Waals surface area contributed by atoms with Crippen molar-refractivity contribution < 1.29 is 29.6 Å². The van der Waals surface area contributed by atoms with Gasteiger partial charge in [0, 0.05) is 12.0 Å². The second-order valence-electron chi connectivity index (χ2n) is 0.868. The second-order valence-corrected chi connectivity index (χ2v) is 1.53. The summed E-state index contributed by atoms with van der Waals surface area (Å²) >= 11 is 0.479. The van der Waals surface area contributed by atoms with Gasteiger partial charge in [0.15, 0.2) is 0 Å². The maximum atomic E-state index is 9.98. The molecule has 0 unspecified atom stereocenters. The van der Waals surface area contributed by atoms with Crippen LogP contribution in [0.25, 0.3) is 0 Å². The van der Waals surface area contributed by atoms with E-state index in [2.05, 4.69) is 14.3 Å². The van der Waals surface area contributed by atoms with Crippen molar-refractivity contribution in [2.24, 2.45) is 0 Å². The molecule has 0 saturated heterocycles. The molecule has 0 spiro atoms. The summed E-state index contributed by atoms with van der Waals surface area (Å²) < 4.78 is 3.77. The third-order valence-electron chi connectivity index (χ3n) is 0.357. The van der Waals surface area contributed by atoms with Gasteiger partial charge in [-0.25, -0.2) is 10.1 Å². The van der Waals surface area contributed by atoms with Crippen LogP contribution in [0, 0.1) is 0 Å². The van der Waals surface area contributed by atoms with Crippen molar-refractivity contribution >= 4 is 18.0 Å². The number of hydrogen-bond donors (Lipinski definition) is 2. The quantitative estimate of drug-likeness (QED) is 0.258. The molecule has 0 aromatic rings. The van der Waals surface area contributed by atoms with Crippen molar-refractivity contribution in [2.75, 3.05) is 5.75 Å². The number of hydrogen-bond acceptors (Lipinski definition) is 7. The van der Waals surface area contributed by atoms with Gasteiger partial charge in [0.25, 0.3) is 0 Å². The fourth-order valence-electron chi connectivity index (χ4n) is 0.120. The number of carbonyl (C=O) groups is 1. The Hall–Kier alpha value is -0.340. The number of rotatable bonds is 4. The Labute approximate surface area is 54.3 Å². The standard InChI is InChI=1S/C2H4O6S/c3-2(6-4)1-9-8-7-5/h4-5H,1H2. The summed E-state index contributed by atoms with van der Waals surface area (Å²) in [6.07, 6.45) is 0. The van der Waals surface area contributed by atoms with Crippen molar-refractivity contribution in [1.29, 1.82) is 0 Å². The number of carbonyl (C=O) groups excluding carboxylic acids is 1. The van der Waals surface area contributed by atoms with Gasteiger partial charge in [0.1, 0.15) is 5.75 Å². The summed E-state index contributed by atoms with van der Waals surface area (Å²) in [5.74, 6) is -1.16. The summed E-state index contributed by atoms with van der Waals surface area (Å²) in [6, 6.07) is 0. The molecule has 0 fully saturated rings. The summed E-state index contributed by atoms with van der Waals surface area (Å²) in [6.45, 7) is 0. The molecule has 0 radical (unpaired) electrons. The normalized spacial score (nSPS) is 9.11. The lowest BCUT2D eigenvalue weighted by Gasteiger charge is -1.92. The topological polar surface area (TPSA) is 85.2 Å². The van der Waals surface area contributed by atoms with Crippen molar-refractivity contribution in [2.45, 2.75) is 0 Å². The monoisotopic (exact) mass is 156 g/mol. The van der Waals surface area contributed by atoms with Crippen molar-refractivity contribution in [3.63, 3.8) is 0 Å². The first kappa shape index (κ1) is 8.66. The van der Waals surface area contributed by atoms with Crippen LogP contribution >= 0.6 is 12.0 Å². The molecule has 0 aromatic carbocycles. The SMILES string of the molecule is O=C(CSOOO)OO. The maximum Gasteiger partial charge on any atom is 0.354 e. The van der Waals surface area contributed by atoms with Crippen molar-refractivity contribution in [1.82, 2.24) is 0 Å². The van der Waals surface area contributed by atoms with E-state index in [1.165, 1.54) is 0 Å². The fraction of sp³-hybridized carbons (Fsp3) is 0.500. The van der Waals surface area contributed by atoms with Gasteiger partial charge in [-0.1, -0.05) is 5.04 Å². The Balaban J connectivity index is 2.97. The maximum absolute atomic E-state index is 9.98. The van der Waals surface area contributed by atoms with Crippen LogP contribution in [0.5, 0.6) is 0 Å². The van der Waals surface area contributed by atoms with Gasteiger partial charge < -0.3 is 0 Å². The van der Waals surface area contributed by atoms with E-state index in [-0.39, 0.29) is 5.75 Å². The molecule has 0 atom stereocenters. The molecule has 0 aliphatic rings. The second kappa shape index (κ2) is 5.79. The molecule has 0 aliphatic carbocycles. The third-order valence-corrected chi connectivity index (χ3v) is 0.868. The highest BCUT2D eigenvalue weighted by atomic mass is 32.2. The largest absolute Gasteiger partial charge is 0.354 e. The minimum absolute atomic E-state index is 0.267. The van der Waals surface area contributed by atoms with E-state index < -0.39 is 5.97 Å². The molecule has 9 heavy (non-hydrogen) atoms. The average molecular weight is 156 g/mol.